The highest BCUT2D eigenvalue weighted by atomic mass is 79.9. The Bertz CT molecular complexity index is 384. The summed E-state index contributed by atoms with van der Waals surface area (Å²) in [5.41, 5.74) is 2.11. The standard InChI is InChI=1S/C10H12BrF3N2O/c1-17-5-9(16-15)7-4-6(10(12,13)14)2-3-8(7)11/h2-4,9,16H,5,15H2,1H3. The van der Waals surface area contributed by atoms with Crippen LogP contribution in [0.25, 0.3) is 0 Å². The number of benzene rings is 1. The Labute approximate surface area is 105 Å². The second-order valence-electron chi connectivity index (χ2n) is 3.41. The number of methoxy groups -OCH3 is 1. The van der Waals surface area contributed by atoms with Gasteiger partial charge in [-0.25, -0.2) is 0 Å². The van der Waals surface area contributed by atoms with E-state index in [1.807, 2.05) is 0 Å². The molecule has 0 amide bonds. The molecule has 0 fully saturated rings. The van der Waals surface area contributed by atoms with Crippen LogP contribution in [0.3, 0.4) is 0 Å². The summed E-state index contributed by atoms with van der Waals surface area (Å²) in [6, 6.07) is 2.90. The Morgan fingerprint density at radius 3 is 2.59 bits per heavy atom. The van der Waals surface area contributed by atoms with E-state index in [1.165, 1.54) is 13.2 Å². The summed E-state index contributed by atoms with van der Waals surface area (Å²) in [7, 11) is 1.45. The number of rotatable bonds is 4. The molecule has 17 heavy (non-hydrogen) atoms. The molecule has 3 nitrogen and oxygen atoms in total. The fourth-order valence-corrected chi connectivity index (χ4v) is 1.90. The third-order valence-electron chi connectivity index (χ3n) is 2.23. The monoisotopic (exact) mass is 312 g/mol. The van der Waals surface area contributed by atoms with Crippen molar-refractivity contribution >= 4 is 15.9 Å². The molecule has 1 aromatic rings. The predicted octanol–water partition coefficient (Wildman–Crippen LogP) is 2.62. The molecule has 0 heterocycles. The molecule has 3 N–H and O–H groups in total. The zero-order valence-electron chi connectivity index (χ0n) is 9.01. The summed E-state index contributed by atoms with van der Waals surface area (Å²) in [5.74, 6) is 5.29. The summed E-state index contributed by atoms with van der Waals surface area (Å²) in [6.07, 6.45) is -4.37. The van der Waals surface area contributed by atoms with Crippen molar-refractivity contribution in [3.63, 3.8) is 0 Å². The number of alkyl halides is 3. The van der Waals surface area contributed by atoms with Crippen LogP contribution in [-0.4, -0.2) is 13.7 Å². The van der Waals surface area contributed by atoms with Gasteiger partial charge in [0.05, 0.1) is 18.2 Å². The quantitative estimate of drug-likeness (QED) is 0.663. The Hall–Kier alpha value is -0.630. The minimum absolute atomic E-state index is 0.177. The van der Waals surface area contributed by atoms with Crippen LogP contribution in [0.15, 0.2) is 22.7 Å². The lowest BCUT2D eigenvalue weighted by Crippen LogP contribution is -2.31. The number of hydrogen-bond donors (Lipinski definition) is 2. The zero-order valence-corrected chi connectivity index (χ0v) is 10.6. The average molecular weight is 313 g/mol. The molecule has 0 saturated heterocycles. The summed E-state index contributed by atoms with van der Waals surface area (Å²) < 4.78 is 43.1. The summed E-state index contributed by atoms with van der Waals surface area (Å²) >= 11 is 3.19. The van der Waals surface area contributed by atoms with E-state index in [-0.39, 0.29) is 6.61 Å². The second-order valence-corrected chi connectivity index (χ2v) is 4.26. The number of halogens is 4. The van der Waals surface area contributed by atoms with Crippen LogP contribution in [0.2, 0.25) is 0 Å². The first kappa shape index (κ1) is 14.4. The van der Waals surface area contributed by atoms with Crippen LogP contribution in [-0.2, 0) is 10.9 Å². The molecule has 0 saturated carbocycles. The number of ether oxygens (including phenoxy) is 1. The van der Waals surface area contributed by atoms with Crippen molar-refractivity contribution in [2.45, 2.75) is 12.2 Å². The average Bonchev–Trinajstić information content (AvgIpc) is 2.25. The van der Waals surface area contributed by atoms with Crippen molar-refractivity contribution < 1.29 is 17.9 Å². The molecule has 0 bridgehead atoms. The molecule has 1 aromatic carbocycles. The lowest BCUT2D eigenvalue weighted by Gasteiger charge is -2.18. The lowest BCUT2D eigenvalue weighted by atomic mass is 10.0. The Morgan fingerprint density at radius 1 is 1.47 bits per heavy atom. The van der Waals surface area contributed by atoms with E-state index in [9.17, 15) is 13.2 Å². The first-order chi connectivity index (χ1) is 7.90. The van der Waals surface area contributed by atoms with Crippen molar-refractivity contribution in [3.8, 4) is 0 Å². The molecule has 1 rings (SSSR count). The molecular formula is C10H12BrF3N2O. The second kappa shape index (κ2) is 5.81. The number of nitrogens with one attached hydrogen (secondary N) is 1. The van der Waals surface area contributed by atoms with Crippen molar-refractivity contribution in [1.29, 1.82) is 0 Å². The first-order valence-electron chi connectivity index (χ1n) is 4.72. The van der Waals surface area contributed by atoms with Gasteiger partial charge in [0.2, 0.25) is 0 Å². The Balaban J connectivity index is 3.13. The molecule has 1 unspecified atom stereocenters. The summed E-state index contributed by atoms with van der Waals surface area (Å²) in [5, 5.41) is 0. The minimum atomic E-state index is -4.37. The number of nitrogens with two attached hydrogens (primary N) is 1. The van der Waals surface area contributed by atoms with Gasteiger partial charge in [-0.15, -0.1) is 0 Å². The third kappa shape index (κ3) is 3.67. The van der Waals surface area contributed by atoms with Gasteiger partial charge in [-0.3, -0.25) is 11.3 Å². The van der Waals surface area contributed by atoms with Gasteiger partial charge in [0.1, 0.15) is 0 Å². The van der Waals surface area contributed by atoms with Crippen LogP contribution in [0.4, 0.5) is 13.2 Å². The molecule has 7 heteroatoms. The van der Waals surface area contributed by atoms with Gasteiger partial charge in [0, 0.05) is 11.6 Å². The van der Waals surface area contributed by atoms with E-state index in [2.05, 4.69) is 21.4 Å². The van der Waals surface area contributed by atoms with Gasteiger partial charge >= 0.3 is 6.18 Å². The number of hydrogen-bond acceptors (Lipinski definition) is 3. The molecule has 0 aliphatic carbocycles. The molecule has 0 aliphatic heterocycles. The zero-order chi connectivity index (χ0) is 13.1. The molecule has 0 aromatic heterocycles. The molecule has 0 aliphatic rings. The van der Waals surface area contributed by atoms with Gasteiger partial charge in [0.15, 0.2) is 0 Å². The van der Waals surface area contributed by atoms with Crippen LogP contribution in [0.5, 0.6) is 0 Å². The molecule has 0 radical (unpaired) electrons. The molecular weight excluding hydrogens is 301 g/mol. The van der Waals surface area contributed by atoms with Gasteiger partial charge in [-0.2, -0.15) is 13.2 Å². The van der Waals surface area contributed by atoms with Crippen molar-refractivity contribution in [2.24, 2.45) is 5.84 Å². The number of hydrazine groups is 1. The Morgan fingerprint density at radius 2 is 2.12 bits per heavy atom. The fourth-order valence-electron chi connectivity index (χ4n) is 1.38. The smallest absolute Gasteiger partial charge is 0.383 e. The van der Waals surface area contributed by atoms with Crippen LogP contribution < -0.4 is 11.3 Å². The largest absolute Gasteiger partial charge is 0.416 e. The maximum absolute atomic E-state index is 12.6. The summed E-state index contributed by atoms with van der Waals surface area (Å²) in [6.45, 7) is 0.177. The predicted molar refractivity (Wildman–Crippen MR) is 61.1 cm³/mol. The Kier molecular flexibility index (Phi) is 4.93. The van der Waals surface area contributed by atoms with E-state index < -0.39 is 17.8 Å². The van der Waals surface area contributed by atoms with Crippen molar-refractivity contribution in [3.05, 3.63) is 33.8 Å². The van der Waals surface area contributed by atoms with Gasteiger partial charge in [-0.1, -0.05) is 15.9 Å². The molecule has 96 valence electrons. The van der Waals surface area contributed by atoms with Crippen LogP contribution >= 0.6 is 15.9 Å². The topological polar surface area (TPSA) is 47.3 Å². The minimum Gasteiger partial charge on any atom is -0.383 e. The van der Waals surface area contributed by atoms with Crippen molar-refractivity contribution in [1.82, 2.24) is 5.43 Å². The molecule has 1 atom stereocenters. The highest BCUT2D eigenvalue weighted by Crippen LogP contribution is 2.33. The van der Waals surface area contributed by atoms with E-state index in [1.54, 1.807) is 0 Å². The maximum Gasteiger partial charge on any atom is 0.416 e. The van der Waals surface area contributed by atoms with E-state index >= 15 is 0 Å². The lowest BCUT2D eigenvalue weighted by molar-refractivity contribution is -0.137. The highest BCUT2D eigenvalue weighted by Gasteiger charge is 2.31. The third-order valence-corrected chi connectivity index (χ3v) is 2.96. The van der Waals surface area contributed by atoms with E-state index in [4.69, 9.17) is 10.6 Å². The van der Waals surface area contributed by atoms with Crippen molar-refractivity contribution in [2.75, 3.05) is 13.7 Å². The maximum atomic E-state index is 12.6. The first-order valence-corrected chi connectivity index (χ1v) is 5.51. The van der Waals surface area contributed by atoms with Gasteiger partial charge < -0.3 is 4.74 Å². The van der Waals surface area contributed by atoms with Gasteiger partial charge in [0.25, 0.3) is 0 Å². The fraction of sp³-hybridized carbons (Fsp3) is 0.400. The van der Waals surface area contributed by atoms with Gasteiger partial charge in [-0.05, 0) is 23.8 Å². The molecule has 0 spiro atoms. The summed E-state index contributed by atoms with van der Waals surface area (Å²) in [4.78, 5) is 0. The van der Waals surface area contributed by atoms with Crippen LogP contribution in [0.1, 0.15) is 17.2 Å². The normalized spacial score (nSPS) is 13.8. The SMILES string of the molecule is COCC(NN)c1cc(C(F)(F)F)ccc1Br. The van der Waals surface area contributed by atoms with Crippen LogP contribution in [0, 0.1) is 0 Å². The highest BCUT2D eigenvalue weighted by molar-refractivity contribution is 9.10. The van der Waals surface area contributed by atoms with E-state index in [0.29, 0.717) is 10.0 Å². The van der Waals surface area contributed by atoms with E-state index in [0.717, 1.165) is 12.1 Å².